The Morgan fingerprint density at radius 1 is 0.700 bits per heavy atom. The molecule has 40 heavy (non-hydrogen) atoms. The first-order chi connectivity index (χ1) is 17.1. The second kappa shape index (κ2) is 11.1. The lowest BCUT2D eigenvalue weighted by Crippen LogP contribution is -2.73. The van der Waals surface area contributed by atoms with E-state index in [0.29, 0.717) is 4.72 Å². The van der Waals surface area contributed by atoms with Crippen LogP contribution in [0.4, 0.5) is 65.9 Å². The average molecular weight is 673 g/mol. The molecule has 0 bridgehead atoms. The van der Waals surface area contributed by atoms with Crippen molar-refractivity contribution in [2.45, 2.75) is 53.6 Å². The van der Waals surface area contributed by atoms with Gasteiger partial charge in [-0.3, -0.25) is 4.55 Å². The molecule has 0 aliphatic rings. The highest BCUT2D eigenvalue weighted by atomic mass is 32.2. The maximum Gasteiger partial charge on any atom is 0.460 e. The Labute approximate surface area is 215 Å². The van der Waals surface area contributed by atoms with E-state index in [-0.39, 0.29) is 0 Å². The van der Waals surface area contributed by atoms with Crippen molar-refractivity contribution < 1.29 is 96.8 Å². The van der Waals surface area contributed by atoms with Gasteiger partial charge in [-0.1, -0.05) is 0 Å². The van der Waals surface area contributed by atoms with Gasteiger partial charge >= 0.3 is 41.0 Å². The van der Waals surface area contributed by atoms with Crippen LogP contribution in [0.1, 0.15) is 6.42 Å². The van der Waals surface area contributed by atoms with Crippen LogP contribution in [0.5, 0.6) is 0 Å². The van der Waals surface area contributed by atoms with Crippen LogP contribution in [0.15, 0.2) is 0 Å². The van der Waals surface area contributed by atoms with Crippen LogP contribution in [0, 0.1) is 0 Å². The summed E-state index contributed by atoms with van der Waals surface area (Å²) in [7, 11) is -9.65. The fraction of sp³-hybridized carbons (Fsp3) is 1.00. The Morgan fingerprint density at radius 3 is 1.45 bits per heavy atom. The van der Waals surface area contributed by atoms with E-state index in [0.717, 1.165) is 0 Å². The van der Waals surface area contributed by atoms with Gasteiger partial charge in [0.25, 0.3) is 20.1 Å². The van der Waals surface area contributed by atoms with Gasteiger partial charge in [-0.25, -0.2) is 13.1 Å². The van der Waals surface area contributed by atoms with Crippen molar-refractivity contribution in [2.24, 2.45) is 0 Å². The Hall–Kier alpha value is -1.31. The van der Waals surface area contributed by atoms with Gasteiger partial charge in [0.05, 0.1) is 20.6 Å². The van der Waals surface area contributed by atoms with E-state index in [1.165, 1.54) is 14.1 Å². The number of nitrogens with zero attached hydrogens (tertiary/aromatic N) is 1. The topological polar surface area (TPSA) is 121 Å². The molecule has 0 rings (SSSR count). The summed E-state index contributed by atoms with van der Waals surface area (Å²) >= 11 is 0. The SMILES string of the molecule is C[N+](C)(CCCNS(=O)(=O)C(F)(F)C(F)(F)C(F)(F)C(F)(F)C(F)(F)C(F)(F)C(F)(F)F)CC(O)CS(=O)(=O)O. The van der Waals surface area contributed by atoms with Crippen molar-refractivity contribution >= 4 is 20.1 Å². The molecule has 0 amide bonds. The molecule has 0 aliphatic carbocycles. The quantitative estimate of drug-likeness (QED) is 0.107. The minimum atomic E-state index is -8.63. The predicted octanol–water partition coefficient (Wildman–Crippen LogP) is 2.95. The number of halogens is 15. The van der Waals surface area contributed by atoms with Crippen molar-refractivity contribution in [1.29, 1.82) is 0 Å². The first kappa shape index (κ1) is 38.7. The summed E-state index contributed by atoms with van der Waals surface area (Å²) in [6.07, 6.45) is -10.3. The summed E-state index contributed by atoms with van der Waals surface area (Å²) in [4.78, 5) is 0. The first-order valence-electron chi connectivity index (χ1n) is 9.84. The monoisotopic (exact) mass is 673 g/mol. The number of alkyl halides is 15. The van der Waals surface area contributed by atoms with Crippen LogP contribution in [-0.2, 0) is 20.1 Å². The molecule has 1 unspecified atom stereocenters. The molecule has 1 atom stereocenters. The van der Waals surface area contributed by atoms with Gasteiger partial charge in [0.1, 0.15) is 18.4 Å². The number of hydrogen-bond donors (Lipinski definition) is 3. The lowest BCUT2D eigenvalue weighted by molar-refractivity contribution is -0.893. The van der Waals surface area contributed by atoms with Gasteiger partial charge in [-0.2, -0.15) is 74.3 Å². The van der Waals surface area contributed by atoms with Gasteiger partial charge in [0, 0.05) is 13.0 Å². The summed E-state index contributed by atoms with van der Waals surface area (Å²) in [5, 5.41) is 2.02. The zero-order chi connectivity index (χ0) is 32.8. The van der Waals surface area contributed by atoms with Gasteiger partial charge in [-0.05, 0) is 0 Å². The highest BCUT2D eigenvalue weighted by Crippen LogP contribution is 2.62. The number of hydrogen-bond acceptors (Lipinski definition) is 5. The lowest BCUT2D eigenvalue weighted by Gasteiger charge is -2.41. The maximum atomic E-state index is 13.9. The summed E-state index contributed by atoms with van der Waals surface area (Å²) in [5.74, 6) is -43.3. The highest BCUT2D eigenvalue weighted by Gasteiger charge is 2.94. The number of quaternary nitrogens is 1. The summed E-state index contributed by atoms with van der Waals surface area (Å²) in [6, 6.07) is 0. The van der Waals surface area contributed by atoms with Crippen LogP contribution in [0.2, 0.25) is 0 Å². The molecule has 0 saturated heterocycles. The summed E-state index contributed by atoms with van der Waals surface area (Å²) in [5.41, 5.74) is 0. The lowest BCUT2D eigenvalue weighted by atomic mass is 9.94. The Morgan fingerprint density at radius 2 is 1.07 bits per heavy atom. The molecule has 0 heterocycles. The highest BCUT2D eigenvalue weighted by molar-refractivity contribution is 7.90. The molecule has 0 saturated carbocycles. The van der Waals surface area contributed by atoms with E-state index in [1.807, 2.05) is 0 Å². The molecule has 0 aromatic rings. The number of aliphatic hydroxyl groups is 1. The summed E-state index contributed by atoms with van der Waals surface area (Å²) < 4.78 is 251. The fourth-order valence-electron chi connectivity index (χ4n) is 2.88. The van der Waals surface area contributed by atoms with Crippen LogP contribution in [0.3, 0.4) is 0 Å². The minimum Gasteiger partial charge on any atom is -0.386 e. The minimum absolute atomic E-state index is 0.472. The molecule has 8 nitrogen and oxygen atoms in total. The first-order valence-corrected chi connectivity index (χ1v) is 12.9. The van der Waals surface area contributed by atoms with Gasteiger partial charge in [-0.15, -0.1) is 0 Å². The van der Waals surface area contributed by atoms with E-state index in [9.17, 15) is 87.8 Å². The second-order valence-corrected chi connectivity index (χ2v) is 12.2. The zero-order valence-corrected chi connectivity index (χ0v) is 21.2. The average Bonchev–Trinajstić information content (AvgIpc) is 2.67. The third-order valence-electron chi connectivity index (χ3n) is 4.98. The molecule has 3 N–H and O–H groups in total. The van der Waals surface area contributed by atoms with Crippen LogP contribution in [0.25, 0.3) is 0 Å². The number of aliphatic hydroxyl groups excluding tert-OH is 1. The fourth-order valence-corrected chi connectivity index (χ4v) is 4.53. The van der Waals surface area contributed by atoms with Crippen molar-refractivity contribution in [3.05, 3.63) is 0 Å². The van der Waals surface area contributed by atoms with Crippen molar-refractivity contribution in [2.75, 3.05) is 39.5 Å². The molecule has 0 aromatic carbocycles. The van der Waals surface area contributed by atoms with E-state index < -0.39 is 104 Å². The van der Waals surface area contributed by atoms with E-state index in [1.54, 1.807) is 0 Å². The molecule has 25 heteroatoms. The van der Waals surface area contributed by atoms with Crippen LogP contribution < -0.4 is 4.72 Å². The largest absolute Gasteiger partial charge is 0.460 e. The summed E-state index contributed by atoms with van der Waals surface area (Å²) in [6.45, 7) is -2.45. The molecule has 242 valence electrons. The Kier molecular flexibility index (Phi) is 10.7. The third kappa shape index (κ3) is 7.18. The molecule has 0 radical (unpaired) electrons. The second-order valence-electron chi connectivity index (χ2n) is 8.88. The van der Waals surface area contributed by atoms with Crippen molar-refractivity contribution in [3.8, 4) is 0 Å². The van der Waals surface area contributed by atoms with Crippen LogP contribution >= 0.6 is 0 Å². The Balaban J connectivity index is 5.95. The normalized spacial score (nSPS) is 16.8. The molecular weight excluding hydrogens is 653 g/mol. The number of nitrogens with one attached hydrogen (secondary N) is 1. The number of rotatable bonds is 15. The number of sulfonamides is 1. The zero-order valence-electron chi connectivity index (χ0n) is 19.6. The predicted molar refractivity (Wildman–Crippen MR) is 102 cm³/mol. The van der Waals surface area contributed by atoms with Crippen LogP contribution in [-0.4, -0.2) is 118 Å². The molecule has 0 spiro atoms. The third-order valence-corrected chi connectivity index (χ3v) is 7.30. The van der Waals surface area contributed by atoms with E-state index in [4.69, 9.17) is 4.55 Å². The van der Waals surface area contributed by atoms with Gasteiger partial charge in [0.2, 0.25) is 0 Å². The van der Waals surface area contributed by atoms with Crippen molar-refractivity contribution in [3.63, 3.8) is 0 Å². The van der Waals surface area contributed by atoms with Crippen molar-refractivity contribution in [1.82, 2.24) is 4.72 Å². The standard InChI is InChI=1S/C15H19F15N2O6S2/c1-32(2,6-8(33)7-39(34,35)36)5-3-4-31-40(37,38)15(29,30)13(24,25)11(20,21)9(16,17)10(18,19)12(22,23)14(26,27)28/h8,31,33H,3-7H2,1-2H3/p+1. The Bertz CT molecular complexity index is 1110. The van der Waals surface area contributed by atoms with E-state index in [2.05, 4.69) is 0 Å². The molecule has 0 aliphatic heterocycles. The molecule has 0 aromatic heterocycles. The number of likely N-dealkylation sites (N-methyl/N-ethyl adjacent to an activating group) is 1. The van der Waals surface area contributed by atoms with E-state index >= 15 is 0 Å². The van der Waals surface area contributed by atoms with Gasteiger partial charge < -0.3 is 9.59 Å². The smallest absolute Gasteiger partial charge is 0.386 e. The molecular formula is C15H20F15N2O6S2+. The van der Waals surface area contributed by atoms with Gasteiger partial charge in [0.15, 0.2) is 0 Å². The molecule has 0 fully saturated rings. The maximum absolute atomic E-state index is 13.9.